The fourth-order valence-corrected chi connectivity index (χ4v) is 1.74. The molecule has 1 aromatic rings. The van der Waals surface area contributed by atoms with Crippen LogP contribution in [0.25, 0.3) is 0 Å². The van der Waals surface area contributed by atoms with E-state index in [9.17, 15) is 0 Å². The van der Waals surface area contributed by atoms with Gasteiger partial charge in [-0.15, -0.1) is 0 Å². The van der Waals surface area contributed by atoms with Crippen molar-refractivity contribution in [3.8, 4) is 0 Å². The molecule has 2 rings (SSSR count). The highest BCUT2D eigenvalue weighted by Crippen LogP contribution is 2.11. The van der Waals surface area contributed by atoms with E-state index in [0.717, 1.165) is 0 Å². The zero-order valence-electron chi connectivity index (χ0n) is 11.7. The highest BCUT2D eigenvalue weighted by molar-refractivity contribution is 5.17. The lowest BCUT2D eigenvalue weighted by Crippen LogP contribution is -2.42. The van der Waals surface area contributed by atoms with Crippen LogP contribution >= 0.6 is 0 Å². The van der Waals surface area contributed by atoms with Gasteiger partial charge in [0.1, 0.15) is 0 Å². The summed E-state index contributed by atoms with van der Waals surface area (Å²) in [4.78, 5) is 4.72. The Morgan fingerprint density at radius 3 is 1.53 bits per heavy atom. The molecule has 96 valence electrons. The van der Waals surface area contributed by atoms with Gasteiger partial charge in [0.05, 0.1) is 0 Å². The summed E-state index contributed by atoms with van der Waals surface area (Å²) in [7, 11) is 4.35. The lowest BCUT2D eigenvalue weighted by molar-refractivity contribution is 0.181. The first kappa shape index (κ1) is 14.2. The minimum absolute atomic E-state index is 0.659. The average molecular weight is 234 g/mol. The molecule has 0 saturated carbocycles. The van der Waals surface area contributed by atoms with Crippen LogP contribution in [0.4, 0.5) is 0 Å². The van der Waals surface area contributed by atoms with E-state index in [1.54, 1.807) is 0 Å². The molecular weight excluding hydrogens is 208 g/mol. The number of hydrogen-bond donors (Lipinski definition) is 0. The third-order valence-electron chi connectivity index (χ3n) is 3.19. The van der Waals surface area contributed by atoms with Crippen molar-refractivity contribution in [2.75, 3.05) is 40.3 Å². The number of piperazine rings is 1. The Bertz CT molecular complexity index is 277. The van der Waals surface area contributed by atoms with E-state index in [4.69, 9.17) is 0 Å². The number of benzene rings is 1. The standard InChI is InChI=1S/C9H12.C6H14N2/c1-8(2)9-6-4-3-5-7-9;1-7-3-5-8(2)6-4-7/h3-8H,1-2H3;3-6H2,1-2H3. The van der Waals surface area contributed by atoms with Crippen molar-refractivity contribution in [2.45, 2.75) is 19.8 Å². The molecule has 0 aliphatic carbocycles. The van der Waals surface area contributed by atoms with E-state index in [2.05, 4.69) is 62.0 Å². The second-order valence-electron chi connectivity index (χ2n) is 5.17. The summed E-state index contributed by atoms with van der Waals surface area (Å²) in [6.45, 7) is 9.34. The first-order valence-electron chi connectivity index (χ1n) is 6.51. The largest absolute Gasteiger partial charge is 0.304 e. The van der Waals surface area contributed by atoms with Crippen LogP contribution in [0.3, 0.4) is 0 Å². The van der Waals surface area contributed by atoms with Gasteiger partial charge in [0, 0.05) is 26.2 Å². The van der Waals surface area contributed by atoms with Gasteiger partial charge in [-0.1, -0.05) is 44.2 Å². The first-order chi connectivity index (χ1) is 8.09. The van der Waals surface area contributed by atoms with Gasteiger partial charge in [0.15, 0.2) is 0 Å². The Morgan fingerprint density at radius 1 is 0.824 bits per heavy atom. The smallest absolute Gasteiger partial charge is 0.0107 e. The van der Waals surface area contributed by atoms with Crippen LogP contribution < -0.4 is 0 Å². The maximum absolute atomic E-state index is 2.36. The maximum atomic E-state index is 2.36. The highest BCUT2D eigenvalue weighted by Gasteiger charge is 2.07. The minimum atomic E-state index is 0.659. The van der Waals surface area contributed by atoms with Gasteiger partial charge in [-0.05, 0) is 25.6 Å². The van der Waals surface area contributed by atoms with Crippen LogP contribution in [0, 0.1) is 0 Å². The van der Waals surface area contributed by atoms with Gasteiger partial charge >= 0.3 is 0 Å². The summed E-state index contributed by atoms with van der Waals surface area (Å²) >= 11 is 0. The molecule has 1 aliphatic rings. The molecule has 1 aromatic carbocycles. The molecule has 1 heterocycles. The van der Waals surface area contributed by atoms with Gasteiger partial charge in [-0.3, -0.25) is 0 Å². The van der Waals surface area contributed by atoms with Crippen LogP contribution in [0.2, 0.25) is 0 Å². The molecule has 2 nitrogen and oxygen atoms in total. The van der Waals surface area contributed by atoms with Crippen molar-refractivity contribution in [3.63, 3.8) is 0 Å². The number of hydrogen-bond acceptors (Lipinski definition) is 2. The van der Waals surface area contributed by atoms with Crippen molar-refractivity contribution >= 4 is 0 Å². The molecule has 0 N–H and O–H groups in total. The number of likely N-dealkylation sites (N-methyl/N-ethyl adjacent to an activating group) is 2. The molecule has 17 heavy (non-hydrogen) atoms. The molecular formula is C15H26N2. The quantitative estimate of drug-likeness (QED) is 0.737. The average Bonchev–Trinajstić information content (AvgIpc) is 2.35. The second kappa shape index (κ2) is 7.46. The summed E-state index contributed by atoms with van der Waals surface area (Å²) in [5.41, 5.74) is 1.41. The zero-order valence-corrected chi connectivity index (χ0v) is 11.7. The van der Waals surface area contributed by atoms with Crippen molar-refractivity contribution in [1.82, 2.24) is 9.80 Å². The topological polar surface area (TPSA) is 6.48 Å². The molecule has 0 amide bonds. The predicted octanol–water partition coefficient (Wildman–Crippen LogP) is 2.67. The van der Waals surface area contributed by atoms with E-state index >= 15 is 0 Å². The fraction of sp³-hybridized carbons (Fsp3) is 0.600. The van der Waals surface area contributed by atoms with Crippen molar-refractivity contribution in [2.24, 2.45) is 0 Å². The van der Waals surface area contributed by atoms with Gasteiger partial charge in [0.2, 0.25) is 0 Å². The van der Waals surface area contributed by atoms with Gasteiger partial charge in [0.25, 0.3) is 0 Å². The molecule has 1 fully saturated rings. The van der Waals surface area contributed by atoms with Crippen molar-refractivity contribution in [1.29, 1.82) is 0 Å². The molecule has 2 heteroatoms. The normalized spacial score (nSPS) is 17.7. The Balaban J connectivity index is 0.000000171. The zero-order chi connectivity index (χ0) is 12.7. The first-order valence-corrected chi connectivity index (χ1v) is 6.51. The van der Waals surface area contributed by atoms with Gasteiger partial charge in [-0.25, -0.2) is 0 Å². The van der Waals surface area contributed by atoms with Crippen LogP contribution in [-0.4, -0.2) is 50.1 Å². The maximum Gasteiger partial charge on any atom is 0.0107 e. The monoisotopic (exact) mass is 234 g/mol. The van der Waals surface area contributed by atoms with E-state index in [-0.39, 0.29) is 0 Å². The van der Waals surface area contributed by atoms with Crippen molar-refractivity contribution in [3.05, 3.63) is 35.9 Å². The molecule has 0 spiro atoms. The summed E-state index contributed by atoms with van der Waals surface area (Å²) in [6.07, 6.45) is 0. The third-order valence-corrected chi connectivity index (χ3v) is 3.19. The van der Waals surface area contributed by atoms with E-state index in [0.29, 0.717) is 5.92 Å². The minimum Gasteiger partial charge on any atom is -0.304 e. The Kier molecular flexibility index (Phi) is 6.23. The number of nitrogens with zero attached hydrogens (tertiary/aromatic N) is 2. The SMILES string of the molecule is CC(C)c1ccccc1.CN1CCN(C)CC1. The molecule has 0 aromatic heterocycles. The van der Waals surface area contributed by atoms with Crippen LogP contribution in [0.15, 0.2) is 30.3 Å². The van der Waals surface area contributed by atoms with Gasteiger partial charge < -0.3 is 9.80 Å². The lowest BCUT2D eigenvalue weighted by Gasteiger charge is -2.28. The Labute approximate surface area is 106 Å². The lowest BCUT2D eigenvalue weighted by atomic mass is 10.0. The summed E-state index contributed by atoms with van der Waals surface area (Å²) in [5, 5.41) is 0. The van der Waals surface area contributed by atoms with Crippen LogP contribution in [0.5, 0.6) is 0 Å². The molecule has 0 radical (unpaired) electrons. The van der Waals surface area contributed by atoms with Crippen LogP contribution in [0.1, 0.15) is 25.3 Å². The van der Waals surface area contributed by atoms with Crippen LogP contribution in [-0.2, 0) is 0 Å². The van der Waals surface area contributed by atoms with E-state index in [1.165, 1.54) is 31.7 Å². The Morgan fingerprint density at radius 2 is 1.24 bits per heavy atom. The summed E-state index contributed by atoms with van der Waals surface area (Å²) < 4.78 is 0. The molecule has 1 aliphatic heterocycles. The Hall–Kier alpha value is -0.860. The van der Waals surface area contributed by atoms with E-state index in [1.807, 2.05) is 6.07 Å². The fourth-order valence-electron chi connectivity index (χ4n) is 1.74. The van der Waals surface area contributed by atoms with Crippen molar-refractivity contribution < 1.29 is 0 Å². The predicted molar refractivity (Wildman–Crippen MR) is 75.5 cm³/mol. The molecule has 1 saturated heterocycles. The van der Waals surface area contributed by atoms with E-state index < -0.39 is 0 Å². The third kappa shape index (κ3) is 5.85. The highest BCUT2D eigenvalue weighted by atomic mass is 15.2. The summed E-state index contributed by atoms with van der Waals surface area (Å²) in [6, 6.07) is 10.5. The number of rotatable bonds is 1. The van der Waals surface area contributed by atoms with Gasteiger partial charge in [-0.2, -0.15) is 0 Å². The molecule has 0 atom stereocenters. The molecule has 0 unspecified atom stereocenters. The summed E-state index contributed by atoms with van der Waals surface area (Å²) in [5.74, 6) is 0.659. The second-order valence-corrected chi connectivity index (χ2v) is 5.17. The molecule has 0 bridgehead atoms.